The maximum Gasteiger partial charge on any atom is 0.430 e. The zero-order chi connectivity index (χ0) is 44.6. The van der Waals surface area contributed by atoms with Crippen LogP contribution in [0.15, 0.2) is 60.7 Å². The van der Waals surface area contributed by atoms with Crippen molar-refractivity contribution >= 4 is 35.7 Å². The topological polar surface area (TPSA) is 204 Å². The molecule has 0 bridgehead atoms. The summed E-state index contributed by atoms with van der Waals surface area (Å²) in [7, 11) is 0. The number of amides is 2. The number of carbonyl (C=O) groups is 6. The van der Waals surface area contributed by atoms with Gasteiger partial charge < -0.3 is 49.6 Å². The SMILES string of the molecule is O=C(O)[C@@H]1CCCC[C@H]1[NH+]1CCN(C(=O)c2ccccc2)CC1.O=C(O)[C@H]1CCCC[C@@H]1[NH+]1CCN(C(=O)c2ccccc2)CC1.O=C([O-])C(F)(F)F.O=C([O-])C(F)(F)F. The van der Waals surface area contributed by atoms with Crippen LogP contribution in [0.4, 0.5) is 26.3 Å². The molecule has 6 rings (SSSR count). The second-order valence-electron chi connectivity index (χ2n) is 14.9. The van der Waals surface area contributed by atoms with Crippen molar-refractivity contribution in [3.05, 3.63) is 71.8 Å². The summed E-state index contributed by atoms with van der Waals surface area (Å²) in [6.45, 7) is 6.27. The summed E-state index contributed by atoms with van der Waals surface area (Å²) in [6.07, 6.45) is -2.47. The summed E-state index contributed by atoms with van der Waals surface area (Å²) in [5, 5.41) is 36.5. The van der Waals surface area contributed by atoms with Gasteiger partial charge in [-0.15, -0.1) is 0 Å². The van der Waals surface area contributed by atoms with Crippen molar-refractivity contribution in [2.45, 2.75) is 75.8 Å². The molecule has 60 heavy (non-hydrogen) atoms. The molecule has 4 fully saturated rings. The minimum atomic E-state index is -5.19. The number of piperazine rings is 2. The van der Waals surface area contributed by atoms with Crippen LogP contribution < -0.4 is 20.0 Å². The van der Waals surface area contributed by atoms with Gasteiger partial charge in [-0.3, -0.25) is 19.2 Å². The van der Waals surface area contributed by atoms with Gasteiger partial charge in [0.15, 0.2) is 0 Å². The monoisotopic (exact) mass is 860 g/mol. The molecule has 2 aromatic rings. The first-order valence-electron chi connectivity index (χ1n) is 19.6. The molecule has 0 spiro atoms. The van der Waals surface area contributed by atoms with E-state index in [0.717, 1.165) is 88.7 Å². The van der Waals surface area contributed by atoms with Gasteiger partial charge in [-0.25, -0.2) is 0 Å². The van der Waals surface area contributed by atoms with Crippen molar-refractivity contribution in [2.75, 3.05) is 52.4 Å². The maximum atomic E-state index is 12.5. The van der Waals surface area contributed by atoms with E-state index in [0.29, 0.717) is 26.2 Å². The van der Waals surface area contributed by atoms with E-state index in [4.69, 9.17) is 19.8 Å². The number of nitrogens with one attached hydrogen (secondary N) is 2. The van der Waals surface area contributed by atoms with Crippen LogP contribution in [-0.2, 0) is 19.2 Å². The number of hydrogen-bond donors (Lipinski definition) is 4. The quantitative estimate of drug-likeness (QED) is 0.285. The van der Waals surface area contributed by atoms with Gasteiger partial charge in [0.2, 0.25) is 0 Å². The predicted octanol–water partition coefficient (Wildman–Crippen LogP) is -0.0614. The van der Waals surface area contributed by atoms with Gasteiger partial charge in [0, 0.05) is 24.0 Å². The highest BCUT2D eigenvalue weighted by atomic mass is 19.4. The van der Waals surface area contributed by atoms with Gasteiger partial charge in [0.05, 0.1) is 52.4 Å². The second kappa shape index (κ2) is 22.9. The Hall–Kier alpha value is -5.24. The van der Waals surface area contributed by atoms with E-state index in [1.54, 1.807) is 0 Å². The van der Waals surface area contributed by atoms with E-state index in [-0.39, 0.29) is 35.7 Å². The Balaban J connectivity index is 0.000000245. The lowest BCUT2D eigenvalue weighted by Gasteiger charge is -2.40. The van der Waals surface area contributed by atoms with Crippen molar-refractivity contribution in [3.8, 4) is 0 Å². The molecule has 4 atom stereocenters. The normalized spacial score (nSPS) is 22.6. The Kier molecular flexibility index (Phi) is 18.8. The summed E-state index contributed by atoms with van der Waals surface area (Å²) in [4.78, 5) is 72.0. The van der Waals surface area contributed by atoms with E-state index in [2.05, 4.69) is 0 Å². The number of hydrogen-bond acceptors (Lipinski definition) is 8. The van der Waals surface area contributed by atoms with E-state index < -0.39 is 36.2 Å². The largest absolute Gasteiger partial charge is 0.542 e. The Morgan fingerprint density at radius 1 is 0.517 bits per heavy atom. The molecule has 2 saturated heterocycles. The van der Waals surface area contributed by atoms with Crippen molar-refractivity contribution in [1.82, 2.24) is 9.80 Å². The van der Waals surface area contributed by atoms with Gasteiger partial charge >= 0.3 is 24.3 Å². The molecular formula is C40H50F6N4O10. The highest BCUT2D eigenvalue weighted by molar-refractivity contribution is 5.94. The molecule has 332 valence electrons. The molecule has 20 heteroatoms. The van der Waals surface area contributed by atoms with Crippen LogP contribution in [0.2, 0.25) is 0 Å². The first kappa shape index (κ1) is 49.1. The summed E-state index contributed by atoms with van der Waals surface area (Å²) < 4.78 is 63.1. The van der Waals surface area contributed by atoms with Gasteiger partial charge in [-0.1, -0.05) is 49.2 Å². The lowest BCUT2D eigenvalue weighted by atomic mass is 9.83. The summed E-state index contributed by atoms with van der Waals surface area (Å²) in [6, 6.07) is 19.2. The average molecular weight is 861 g/mol. The number of alkyl halides is 6. The molecule has 4 N–H and O–H groups in total. The van der Waals surface area contributed by atoms with E-state index in [1.807, 2.05) is 70.5 Å². The average Bonchev–Trinajstić information content (AvgIpc) is 3.24. The number of rotatable bonds is 6. The lowest BCUT2D eigenvalue weighted by Crippen LogP contribution is -3.19. The number of carboxylic acids is 4. The number of halogens is 6. The number of carbonyl (C=O) groups excluding carboxylic acids is 4. The Labute approximate surface area is 342 Å². The third-order valence-electron chi connectivity index (χ3n) is 11.1. The number of quaternary nitrogens is 2. The highest BCUT2D eigenvalue weighted by Crippen LogP contribution is 2.24. The number of benzene rings is 2. The smallest absolute Gasteiger partial charge is 0.430 e. The predicted molar refractivity (Wildman–Crippen MR) is 195 cm³/mol. The van der Waals surface area contributed by atoms with E-state index >= 15 is 0 Å². The molecule has 4 aliphatic rings. The molecule has 2 heterocycles. The molecule has 2 aliphatic heterocycles. The zero-order valence-electron chi connectivity index (χ0n) is 32.7. The molecule has 2 aliphatic carbocycles. The van der Waals surface area contributed by atoms with Crippen molar-refractivity contribution in [2.24, 2.45) is 11.8 Å². The van der Waals surface area contributed by atoms with Gasteiger partial charge in [-0.05, 0) is 49.9 Å². The molecule has 2 saturated carbocycles. The van der Waals surface area contributed by atoms with Crippen LogP contribution in [0.25, 0.3) is 0 Å². The fraction of sp³-hybridized carbons (Fsp3) is 0.550. The molecule has 2 aromatic carbocycles. The molecular weight excluding hydrogens is 810 g/mol. The highest BCUT2D eigenvalue weighted by Gasteiger charge is 2.41. The van der Waals surface area contributed by atoms with Gasteiger partial charge in [0.1, 0.15) is 35.9 Å². The van der Waals surface area contributed by atoms with E-state index in [9.17, 15) is 55.7 Å². The first-order chi connectivity index (χ1) is 28.2. The number of aliphatic carboxylic acids is 4. The first-order valence-corrected chi connectivity index (χ1v) is 19.6. The minimum absolute atomic E-state index is 0.0862. The molecule has 2 amide bonds. The Morgan fingerprint density at radius 3 is 1.03 bits per heavy atom. The van der Waals surface area contributed by atoms with Gasteiger partial charge in [0.25, 0.3) is 11.8 Å². The van der Waals surface area contributed by atoms with Crippen molar-refractivity contribution in [1.29, 1.82) is 0 Å². The van der Waals surface area contributed by atoms with Gasteiger partial charge in [-0.2, -0.15) is 26.3 Å². The van der Waals surface area contributed by atoms with Crippen molar-refractivity contribution in [3.63, 3.8) is 0 Å². The summed E-state index contributed by atoms with van der Waals surface area (Å²) in [5.41, 5.74) is 1.47. The Bertz CT molecular complexity index is 1590. The van der Waals surface area contributed by atoms with Crippen LogP contribution in [0.1, 0.15) is 72.1 Å². The third-order valence-corrected chi connectivity index (χ3v) is 11.1. The number of carboxylic acid groups (broad SMARTS) is 4. The fourth-order valence-corrected chi connectivity index (χ4v) is 8.09. The molecule has 0 aromatic heterocycles. The summed E-state index contributed by atoms with van der Waals surface area (Å²) in [5.74, 6) is -7.56. The fourth-order valence-electron chi connectivity index (χ4n) is 8.09. The van der Waals surface area contributed by atoms with Crippen molar-refractivity contribution < 1.29 is 85.3 Å². The van der Waals surface area contributed by atoms with Crippen LogP contribution in [0, 0.1) is 11.8 Å². The minimum Gasteiger partial charge on any atom is -0.542 e. The van der Waals surface area contributed by atoms with Crippen LogP contribution in [-0.4, -0.2) is 132 Å². The van der Waals surface area contributed by atoms with Crippen LogP contribution in [0.5, 0.6) is 0 Å². The third kappa shape index (κ3) is 15.1. The molecule has 0 unspecified atom stereocenters. The molecule has 14 nitrogen and oxygen atoms in total. The van der Waals surface area contributed by atoms with Crippen LogP contribution in [0.3, 0.4) is 0 Å². The zero-order valence-corrected chi connectivity index (χ0v) is 32.7. The number of nitrogens with zero attached hydrogens (tertiary/aromatic N) is 2. The standard InChI is InChI=1S/2C18H24N2O3.2C2HF3O2/c2*21-17(14-6-2-1-3-7-14)20-12-10-19(11-13-20)16-9-5-4-8-15(16)18(22)23;2*3-2(4,5)1(6)7/h2*1-3,6-7,15-16H,4-5,8-13H2,(H,22,23);2*(H,6,7)/t2*15-,16-;;/m10../s1. The maximum absolute atomic E-state index is 12.5. The Morgan fingerprint density at radius 2 is 0.783 bits per heavy atom. The second-order valence-corrected chi connectivity index (χ2v) is 14.9. The summed E-state index contributed by atoms with van der Waals surface area (Å²) >= 11 is 0. The van der Waals surface area contributed by atoms with Crippen LogP contribution >= 0.6 is 0 Å². The lowest BCUT2D eigenvalue weighted by molar-refractivity contribution is -0.933. The molecule has 0 radical (unpaired) electrons. The van der Waals surface area contributed by atoms with E-state index in [1.165, 1.54) is 9.80 Å².